The van der Waals surface area contributed by atoms with E-state index in [4.69, 9.17) is 0 Å². The minimum atomic E-state index is -0.272. The van der Waals surface area contributed by atoms with Gasteiger partial charge in [-0.1, -0.05) is 26.7 Å². The van der Waals surface area contributed by atoms with Crippen molar-refractivity contribution in [2.24, 2.45) is 11.8 Å². The summed E-state index contributed by atoms with van der Waals surface area (Å²) in [6.07, 6.45) is 5.72. The van der Waals surface area contributed by atoms with Crippen LogP contribution in [0.3, 0.4) is 0 Å². The zero-order valence-electron chi connectivity index (χ0n) is 11.2. The lowest BCUT2D eigenvalue weighted by molar-refractivity contribution is -0.147. The van der Waals surface area contributed by atoms with Crippen LogP contribution in [0.4, 0.5) is 0 Å². The van der Waals surface area contributed by atoms with E-state index >= 15 is 0 Å². The maximum Gasteiger partial charge on any atom is 0.233 e. The Labute approximate surface area is 104 Å². The molecule has 2 aliphatic rings. The van der Waals surface area contributed by atoms with E-state index in [1.165, 1.54) is 0 Å². The van der Waals surface area contributed by atoms with Crippen molar-refractivity contribution >= 4 is 11.8 Å². The van der Waals surface area contributed by atoms with Crippen LogP contribution >= 0.6 is 0 Å². The number of hydrogen-bond donors (Lipinski definition) is 0. The standard InChI is InChI=1S/C14H23NO2/c1-4-14(3,5-2)15-12(16)10-8-6-7-9-11(10)13(15)17/h10-11H,4-9H2,1-3H3. The topological polar surface area (TPSA) is 37.4 Å². The fourth-order valence-electron chi connectivity index (χ4n) is 3.26. The van der Waals surface area contributed by atoms with Gasteiger partial charge in [0, 0.05) is 5.54 Å². The van der Waals surface area contributed by atoms with Gasteiger partial charge < -0.3 is 0 Å². The number of hydrogen-bond acceptors (Lipinski definition) is 2. The number of amides is 2. The second-order valence-electron chi connectivity index (χ2n) is 5.71. The third kappa shape index (κ3) is 1.80. The smallest absolute Gasteiger partial charge is 0.233 e. The Morgan fingerprint density at radius 1 is 1.06 bits per heavy atom. The predicted molar refractivity (Wildman–Crippen MR) is 66.3 cm³/mol. The molecule has 0 aromatic carbocycles. The number of fused-ring (bicyclic) bond motifs is 1. The van der Waals surface area contributed by atoms with Crippen LogP contribution in [-0.2, 0) is 9.59 Å². The summed E-state index contributed by atoms with van der Waals surface area (Å²) in [7, 11) is 0. The molecule has 2 rings (SSSR count). The predicted octanol–water partition coefficient (Wildman–Crippen LogP) is 2.74. The molecule has 0 N–H and O–H groups in total. The van der Waals surface area contributed by atoms with E-state index in [0.29, 0.717) is 0 Å². The van der Waals surface area contributed by atoms with Crippen LogP contribution in [-0.4, -0.2) is 22.3 Å². The Hall–Kier alpha value is -0.860. The van der Waals surface area contributed by atoms with Gasteiger partial charge in [0.15, 0.2) is 0 Å². The quantitative estimate of drug-likeness (QED) is 0.708. The van der Waals surface area contributed by atoms with E-state index in [9.17, 15) is 9.59 Å². The third-order valence-corrected chi connectivity index (χ3v) is 4.90. The molecule has 3 heteroatoms. The molecule has 17 heavy (non-hydrogen) atoms. The molecule has 0 aromatic heterocycles. The molecule has 96 valence electrons. The number of nitrogens with zero attached hydrogens (tertiary/aromatic N) is 1. The van der Waals surface area contributed by atoms with Gasteiger partial charge in [0.1, 0.15) is 0 Å². The highest BCUT2D eigenvalue weighted by Crippen LogP contribution is 2.42. The molecule has 0 spiro atoms. The van der Waals surface area contributed by atoms with Crippen molar-refractivity contribution in [1.82, 2.24) is 4.90 Å². The van der Waals surface area contributed by atoms with Gasteiger partial charge in [0.2, 0.25) is 11.8 Å². The molecule has 1 aliphatic carbocycles. The summed E-state index contributed by atoms with van der Waals surface area (Å²) in [5, 5.41) is 0. The van der Waals surface area contributed by atoms with Crippen molar-refractivity contribution in [3.05, 3.63) is 0 Å². The second-order valence-corrected chi connectivity index (χ2v) is 5.71. The van der Waals surface area contributed by atoms with E-state index in [2.05, 4.69) is 13.8 Å². The molecular weight excluding hydrogens is 214 g/mol. The SMILES string of the molecule is CCC(C)(CC)N1C(=O)C2CCCCC2C1=O. The van der Waals surface area contributed by atoms with Crippen LogP contribution in [0.5, 0.6) is 0 Å². The summed E-state index contributed by atoms with van der Waals surface area (Å²) in [6, 6.07) is 0. The molecule has 0 aromatic rings. The fraction of sp³-hybridized carbons (Fsp3) is 0.857. The maximum atomic E-state index is 12.4. The highest BCUT2D eigenvalue weighted by Gasteiger charge is 2.52. The van der Waals surface area contributed by atoms with E-state index in [-0.39, 0.29) is 29.2 Å². The van der Waals surface area contributed by atoms with E-state index in [1.54, 1.807) is 4.90 Å². The molecule has 0 radical (unpaired) electrons. The van der Waals surface area contributed by atoms with Gasteiger partial charge in [-0.3, -0.25) is 14.5 Å². The van der Waals surface area contributed by atoms with Gasteiger partial charge in [-0.05, 0) is 32.6 Å². The molecule has 1 saturated heterocycles. The second kappa shape index (κ2) is 4.43. The summed E-state index contributed by atoms with van der Waals surface area (Å²) in [6.45, 7) is 6.16. The molecule has 2 unspecified atom stereocenters. The normalized spacial score (nSPS) is 29.7. The van der Waals surface area contributed by atoms with Gasteiger partial charge in [-0.15, -0.1) is 0 Å². The van der Waals surface area contributed by atoms with Crippen LogP contribution in [0, 0.1) is 11.8 Å². The van der Waals surface area contributed by atoms with Gasteiger partial charge in [-0.2, -0.15) is 0 Å². The summed E-state index contributed by atoms with van der Waals surface area (Å²) in [5.41, 5.74) is -0.272. The molecular formula is C14H23NO2. The number of carbonyl (C=O) groups excluding carboxylic acids is 2. The number of imide groups is 1. The molecule has 2 amide bonds. The van der Waals surface area contributed by atoms with Crippen molar-refractivity contribution in [1.29, 1.82) is 0 Å². The average Bonchev–Trinajstić information content (AvgIpc) is 2.62. The van der Waals surface area contributed by atoms with Gasteiger partial charge in [0.25, 0.3) is 0 Å². The first kappa shape index (κ1) is 12.6. The van der Waals surface area contributed by atoms with E-state index in [0.717, 1.165) is 38.5 Å². The summed E-state index contributed by atoms with van der Waals surface area (Å²) < 4.78 is 0. The molecule has 3 nitrogen and oxygen atoms in total. The Bertz CT molecular complexity index is 309. The minimum Gasteiger partial charge on any atom is -0.276 e. The lowest BCUT2D eigenvalue weighted by Crippen LogP contribution is -2.49. The van der Waals surface area contributed by atoms with Crippen LogP contribution in [0.25, 0.3) is 0 Å². The molecule has 1 heterocycles. The highest BCUT2D eigenvalue weighted by molar-refractivity contribution is 6.05. The number of rotatable bonds is 3. The Kier molecular flexibility index (Phi) is 3.28. The first-order valence-corrected chi connectivity index (χ1v) is 6.93. The van der Waals surface area contributed by atoms with E-state index < -0.39 is 0 Å². The van der Waals surface area contributed by atoms with E-state index in [1.807, 2.05) is 6.92 Å². The Balaban J connectivity index is 2.30. The minimum absolute atomic E-state index is 0.00586. The van der Waals surface area contributed by atoms with Crippen molar-refractivity contribution in [3.63, 3.8) is 0 Å². The molecule has 2 atom stereocenters. The van der Waals surface area contributed by atoms with Crippen LogP contribution in [0.1, 0.15) is 59.3 Å². The molecule has 1 aliphatic heterocycles. The van der Waals surface area contributed by atoms with Crippen LogP contribution < -0.4 is 0 Å². The van der Waals surface area contributed by atoms with Crippen molar-refractivity contribution in [2.45, 2.75) is 64.8 Å². The van der Waals surface area contributed by atoms with Crippen LogP contribution in [0.2, 0.25) is 0 Å². The zero-order chi connectivity index (χ0) is 12.6. The summed E-state index contributed by atoms with van der Waals surface area (Å²) in [5.74, 6) is 0.194. The first-order valence-electron chi connectivity index (χ1n) is 6.93. The monoisotopic (exact) mass is 237 g/mol. The maximum absolute atomic E-state index is 12.4. The lowest BCUT2D eigenvalue weighted by Gasteiger charge is -2.36. The Morgan fingerprint density at radius 3 is 1.82 bits per heavy atom. The number of likely N-dealkylation sites (tertiary alicyclic amines) is 1. The van der Waals surface area contributed by atoms with Crippen molar-refractivity contribution in [2.75, 3.05) is 0 Å². The van der Waals surface area contributed by atoms with Gasteiger partial charge >= 0.3 is 0 Å². The van der Waals surface area contributed by atoms with Crippen molar-refractivity contribution in [3.8, 4) is 0 Å². The molecule has 0 bridgehead atoms. The van der Waals surface area contributed by atoms with Crippen LogP contribution in [0.15, 0.2) is 0 Å². The Morgan fingerprint density at radius 2 is 1.47 bits per heavy atom. The molecule has 1 saturated carbocycles. The van der Waals surface area contributed by atoms with Crippen molar-refractivity contribution < 1.29 is 9.59 Å². The molecule has 2 fully saturated rings. The largest absolute Gasteiger partial charge is 0.276 e. The first-order chi connectivity index (χ1) is 8.05. The van der Waals surface area contributed by atoms with Gasteiger partial charge in [0.05, 0.1) is 11.8 Å². The average molecular weight is 237 g/mol. The van der Waals surface area contributed by atoms with Gasteiger partial charge in [-0.25, -0.2) is 0 Å². The highest BCUT2D eigenvalue weighted by atomic mass is 16.2. The zero-order valence-corrected chi connectivity index (χ0v) is 11.2. The fourth-order valence-corrected chi connectivity index (χ4v) is 3.26. The summed E-state index contributed by atoms with van der Waals surface area (Å²) in [4.78, 5) is 26.4. The third-order valence-electron chi connectivity index (χ3n) is 4.90. The summed E-state index contributed by atoms with van der Waals surface area (Å²) >= 11 is 0. The number of carbonyl (C=O) groups is 2. The lowest BCUT2D eigenvalue weighted by atomic mass is 9.81.